The van der Waals surface area contributed by atoms with Crippen LogP contribution >= 0.6 is 11.6 Å². The molecule has 5 aliphatic rings. The normalized spacial score (nSPS) is 24.1. The lowest BCUT2D eigenvalue weighted by Crippen LogP contribution is -2.74. The molecule has 0 spiro atoms. The van der Waals surface area contributed by atoms with Crippen molar-refractivity contribution in [2.75, 3.05) is 31.1 Å². The van der Waals surface area contributed by atoms with Crippen LogP contribution in [0.5, 0.6) is 5.75 Å². The molecule has 2 aromatic carbocycles. The average molecular weight is 830 g/mol. The highest BCUT2D eigenvalue weighted by molar-refractivity contribution is 6.31. The van der Waals surface area contributed by atoms with Crippen LogP contribution in [-0.2, 0) is 9.59 Å². The minimum absolute atomic E-state index is 0.0737. The predicted molar refractivity (Wildman–Crippen MR) is 223 cm³/mol. The minimum Gasteiger partial charge on any atom is -0.489 e. The number of fused-ring (bicyclic) bond motifs is 1. The van der Waals surface area contributed by atoms with Crippen LogP contribution in [0.15, 0.2) is 54.7 Å². The summed E-state index contributed by atoms with van der Waals surface area (Å²) < 4.78 is 6.37. The molecule has 60 heavy (non-hydrogen) atoms. The number of aromatic nitrogens is 1. The maximum Gasteiger partial charge on any atom is 0.263 e. The van der Waals surface area contributed by atoms with Crippen molar-refractivity contribution in [2.24, 2.45) is 16.7 Å². The number of likely N-dealkylation sites (tertiary alicyclic amines) is 1. The Morgan fingerprint density at radius 2 is 1.58 bits per heavy atom. The third-order valence-electron chi connectivity index (χ3n) is 13.1. The summed E-state index contributed by atoms with van der Waals surface area (Å²) in [5.41, 5.74) is 1.53. The number of nitriles is 1. The molecule has 5 heterocycles. The van der Waals surface area contributed by atoms with Gasteiger partial charge in [-0.3, -0.25) is 34.2 Å². The number of piperidine rings is 3. The summed E-state index contributed by atoms with van der Waals surface area (Å²) in [7, 11) is 0. The second kappa shape index (κ2) is 16.0. The number of nitrogens with one attached hydrogen (secondary N) is 2. The van der Waals surface area contributed by atoms with E-state index >= 15 is 0 Å². The summed E-state index contributed by atoms with van der Waals surface area (Å²) in [6.07, 6.45) is 5.29. The molecule has 1 saturated carbocycles. The third-order valence-corrected chi connectivity index (χ3v) is 13.5. The van der Waals surface area contributed by atoms with Crippen LogP contribution in [0.1, 0.15) is 108 Å². The van der Waals surface area contributed by atoms with Crippen LogP contribution in [0, 0.1) is 39.9 Å². The minimum atomic E-state index is -1.00. The van der Waals surface area contributed by atoms with Gasteiger partial charge in [0.25, 0.3) is 17.7 Å². The van der Waals surface area contributed by atoms with E-state index in [1.54, 1.807) is 24.3 Å². The first-order chi connectivity index (χ1) is 28.6. The quantitative estimate of drug-likeness (QED) is 0.234. The van der Waals surface area contributed by atoms with Crippen LogP contribution in [0.4, 0.5) is 5.82 Å². The zero-order valence-electron chi connectivity index (χ0n) is 34.2. The monoisotopic (exact) mass is 829 g/mol. The molecule has 3 saturated heterocycles. The number of amides is 5. The fourth-order valence-corrected chi connectivity index (χ4v) is 10.3. The standard InChI is InChI=1S/C46H48ClN7O6/c1-45(2)43(46(3,4)44(45)60-32-12-11-30(25-48)35(47)23-32)51-39(56)29-9-7-27(8-10-29)5-6-28-15-19-52(20-16-28)31-17-21-53(22-18-31)37-24-33-34(26-49-37)42(59)54(41(33)58)36-13-14-38(55)50-40(36)57/h7-12,23-24,26,28,31,36,43-44H,13-22H2,1-4H3,(H,51,56)(H,50,55,57)/t36?,43-,44-. The number of halogens is 1. The molecule has 5 amide bonds. The van der Waals surface area contributed by atoms with E-state index in [1.807, 2.05) is 24.3 Å². The molecule has 14 heteroatoms. The SMILES string of the molecule is CC1(C)[C@H](NC(=O)c2ccc(C#CC3CCN(C4CCN(c5cc6c(cn5)C(=O)N(C5CCC(=O)NC5=O)C6=O)CC4)CC3)cc2)C(C)(C)[C@H]1Oc1ccc(C#N)c(Cl)c1. The maximum absolute atomic E-state index is 13.4. The molecule has 2 N–H and O–H groups in total. The fourth-order valence-electron chi connectivity index (χ4n) is 10.1. The van der Waals surface area contributed by atoms with Gasteiger partial charge in [-0.2, -0.15) is 5.26 Å². The van der Waals surface area contributed by atoms with Crippen molar-refractivity contribution in [3.8, 4) is 23.7 Å². The van der Waals surface area contributed by atoms with E-state index in [1.165, 1.54) is 6.20 Å². The molecule has 0 radical (unpaired) electrons. The smallest absolute Gasteiger partial charge is 0.263 e. The molecule has 1 aromatic heterocycles. The van der Waals surface area contributed by atoms with Gasteiger partial charge in [-0.25, -0.2) is 4.98 Å². The van der Waals surface area contributed by atoms with Crippen LogP contribution in [-0.4, -0.2) is 94.7 Å². The average Bonchev–Trinajstić information content (AvgIpc) is 3.49. The van der Waals surface area contributed by atoms with E-state index in [9.17, 15) is 29.2 Å². The summed E-state index contributed by atoms with van der Waals surface area (Å²) in [5.74, 6) is 6.07. The number of carbonyl (C=O) groups is 5. The molecule has 13 nitrogen and oxygen atoms in total. The number of hydrogen-bond acceptors (Lipinski definition) is 10. The molecular weight excluding hydrogens is 782 g/mol. The third kappa shape index (κ3) is 7.61. The first-order valence-electron chi connectivity index (χ1n) is 20.6. The maximum atomic E-state index is 13.4. The van der Waals surface area contributed by atoms with Gasteiger partial charge in [0, 0.05) is 71.7 Å². The van der Waals surface area contributed by atoms with Gasteiger partial charge in [0.2, 0.25) is 11.8 Å². The molecule has 1 unspecified atom stereocenters. The van der Waals surface area contributed by atoms with Gasteiger partial charge in [0.15, 0.2) is 0 Å². The Labute approximate surface area is 354 Å². The number of imide groups is 2. The van der Waals surface area contributed by atoms with Crippen molar-refractivity contribution in [2.45, 2.75) is 90.4 Å². The van der Waals surface area contributed by atoms with Crippen molar-refractivity contribution in [3.63, 3.8) is 0 Å². The van der Waals surface area contributed by atoms with Crippen molar-refractivity contribution in [1.82, 2.24) is 25.4 Å². The van der Waals surface area contributed by atoms with Gasteiger partial charge in [0.1, 0.15) is 29.8 Å². The lowest BCUT2D eigenvalue weighted by molar-refractivity contribution is -0.164. The molecular formula is C46H48ClN7O6. The van der Waals surface area contributed by atoms with Gasteiger partial charge in [-0.05, 0) is 87.7 Å². The highest BCUT2D eigenvalue weighted by atomic mass is 35.5. The summed E-state index contributed by atoms with van der Waals surface area (Å²) in [4.78, 5) is 74.1. The van der Waals surface area contributed by atoms with Gasteiger partial charge in [-0.15, -0.1) is 0 Å². The Bertz CT molecular complexity index is 2350. The van der Waals surface area contributed by atoms with Crippen LogP contribution in [0.2, 0.25) is 5.02 Å². The van der Waals surface area contributed by atoms with Crippen LogP contribution < -0.4 is 20.3 Å². The zero-order valence-corrected chi connectivity index (χ0v) is 35.0. The molecule has 4 fully saturated rings. The topological polar surface area (TPSA) is 165 Å². The number of hydrogen-bond donors (Lipinski definition) is 2. The fraction of sp³-hybridized carbons (Fsp3) is 0.457. The van der Waals surface area contributed by atoms with Crippen LogP contribution in [0.25, 0.3) is 0 Å². The number of ether oxygens (including phenoxy) is 1. The highest BCUT2D eigenvalue weighted by Crippen LogP contribution is 2.55. The number of pyridine rings is 1. The molecule has 4 aliphatic heterocycles. The van der Waals surface area contributed by atoms with E-state index < -0.39 is 29.7 Å². The predicted octanol–water partition coefficient (Wildman–Crippen LogP) is 5.35. The van der Waals surface area contributed by atoms with E-state index in [0.717, 1.165) is 62.3 Å². The second-order valence-electron chi connectivity index (χ2n) is 17.7. The van der Waals surface area contributed by atoms with Crippen molar-refractivity contribution in [3.05, 3.63) is 87.6 Å². The molecule has 1 atom stereocenters. The Kier molecular flexibility index (Phi) is 10.9. The molecule has 3 aromatic rings. The first-order valence-corrected chi connectivity index (χ1v) is 21.0. The first kappa shape index (κ1) is 41.0. The lowest BCUT2D eigenvalue weighted by atomic mass is 9.49. The van der Waals surface area contributed by atoms with Crippen molar-refractivity contribution < 1.29 is 28.7 Å². The zero-order chi connectivity index (χ0) is 42.5. The lowest BCUT2D eigenvalue weighted by Gasteiger charge is -2.63. The van der Waals surface area contributed by atoms with Gasteiger partial charge >= 0.3 is 0 Å². The number of rotatable bonds is 7. The summed E-state index contributed by atoms with van der Waals surface area (Å²) >= 11 is 6.24. The number of benzene rings is 2. The van der Waals surface area contributed by atoms with E-state index in [4.69, 9.17) is 16.3 Å². The second-order valence-corrected chi connectivity index (χ2v) is 18.1. The Morgan fingerprint density at radius 3 is 2.23 bits per heavy atom. The summed E-state index contributed by atoms with van der Waals surface area (Å²) in [6.45, 7) is 11.8. The van der Waals surface area contributed by atoms with E-state index in [-0.39, 0.29) is 52.9 Å². The summed E-state index contributed by atoms with van der Waals surface area (Å²) in [5, 5.41) is 15.0. The van der Waals surface area contributed by atoms with Crippen LogP contribution in [0.3, 0.4) is 0 Å². The molecule has 8 rings (SSSR count). The molecule has 1 aliphatic carbocycles. The summed E-state index contributed by atoms with van der Waals surface area (Å²) in [6, 6.07) is 15.5. The number of nitrogens with zero attached hydrogens (tertiary/aromatic N) is 5. The Morgan fingerprint density at radius 1 is 0.900 bits per heavy atom. The number of carbonyl (C=O) groups excluding carboxylic acids is 5. The molecule has 0 bridgehead atoms. The Hall–Kier alpha value is -5.76. The van der Waals surface area contributed by atoms with E-state index in [0.29, 0.717) is 39.7 Å². The van der Waals surface area contributed by atoms with Crippen molar-refractivity contribution >= 4 is 47.0 Å². The highest BCUT2D eigenvalue weighted by Gasteiger charge is 2.64. The largest absolute Gasteiger partial charge is 0.489 e. The molecule has 310 valence electrons. The van der Waals surface area contributed by atoms with Gasteiger partial charge < -0.3 is 19.9 Å². The van der Waals surface area contributed by atoms with Gasteiger partial charge in [0.05, 0.1) is 21.7 Å². The van der Waals surface area contributed by atoms with E-state index in [2.05, 4.69) is 71.0 Å². The Balaban J connectivity index is 0.794. The number of anilines is 1. The van der Waals surface area contributed by atoms with Crippen molar-refractivity contribution in [1.29, 1.82) is 5.26 Å². The van der Waals surface area contributed by atoms with Gasteiger partial charge in [-0.1, -0.05) is 51.1 Å².